The smallest absolute Gasteiger partial charge is 0.162 e. The van der Waals surface area contributed by atoms with E-state index in [1.807, 2.05) is 13.0 Å². The lowest BCUT2D eigenvalue weighted by molar-refractivity contribution is -0.164. The lowest BCUT2D eigenvalue weighted by atomic mass is 9.42. The van der Waals surface area contributed by atoms with E-state index >= 15 is 0 Å². The van der Waals surface area contributed by atoms with Crippen molar-refractivity contribution in [3.63, 3.8) is 0 Å². The summed E-state index contributed by atoms with van der Waals surface area (Å²) in [6.45, 7) is 10.1. The summed E-state index contributed by atoms with van der Waals surface area (Å²) in [4.78, 5) is 14.1. The van der Waals surface area contributed by atoms with E-state index in [1.54, 1.807) is 13.8 Å². The van der Waals surface area contributed by atoms with Crippen molar-refractivity contribution in [2.45, 2.75) is 134 Å². The molecule has 5 aliphatic carbocycles. The molecular weight excluding hydrogens is 584 g/mol. The third kappa shape index (κ3) is 4.24. The van der Waals surface area contributed by atoms with Crippen LogP contribution in [0.1, 0.15) is 98.8 Å². The third-order valence-corrected chi connectivity index (χ3v) is 15.1. The highest BCUT2D eigenvalue weighted by Crippen LogP contribution is 2.73. The summed E-state index contributed by atoms with van der Waals surface area (Å²) in [7, 11) is 0. The summed E-state index contributed by atoms with van der Waals surface area (Å²) in [5, 5.41) is 61.8. The van der Waals surface area contributed by atoms with Crippen LogP contribution >= 0.6 is 0 Å². The molecule has 0 aromatic heterocycles. The number of dihydropyridines is 1. The molecule has 4 fully saturated rings. The minimum Gasteiger partial charge on any atom is -0.396 e. The van der Waals surface area contributed by atoms with Crippen molar-refractivity contribution in [3.8, 4) is 0 Å². The second-order valence-electron chi connectivity index (χ2n) is 17.4. The summed E-state index contributed by atoms with van der Waals surface area (Å²) in [5.41, 5.74) is 2.93. The van der Waals surface area contributed by atoms with E-state index in [0.29, 0.717) is 57.3 Å². The lowest BCUT2D eigenvalue weighted by Gasteiger charge is -2.63. The molecule has 9 heteroatoms. The Bertz CT molecular complexity index is 1400. The number of carbonyl (C=O) groups is 1. The van der Waals surface area contributed by atoms with E-state index in [9.17, 15) is 30.3 Å². The van der Waals surface area contributed by atoms with E-state index in [-0.39, 0.29) is 41.5 Å². The van der Waals surface area contributed by atoms with Crippen molar-refractivity contribution in [3.05, 3.63) is 34.7 Å². The quantitative estimate of drug-likeness (QED) is 0.197. The molecule has 0 aromatic rings. The van der Waals surface area contributed by atoms with Crippen molar-refractivity contribution in [2.75, 3.05) is 13.2 Å². The van der Waals surface area contributed by atoms with Crippen LogP contribution in [-0.2, 0) is 9.53 Å². The van der Waals surface area contributed by atoms with Crippen LogP contribution in [-0.4, -0.2) is 79.6 Å². The number of fused-ring (bicyclic) bond motifs is 2. The molecule has 0 bridgehead atoms. The highest BCUT2D eigenvalue weighted by molar-refractivity contribution is 6.00. The number of nitrogens with two attached hydrogens (primary N) is 1. The fourth-order valence-electron chi connectivity index (χ4n) is 11.8. The average molecular weight is 641 g/mol. The number of ketones is 1. The van der Waals surface area contributed by atoms with Crippen LogP contribution in [0.3, 0.4) is 0 Å². The second-order valence-corrected chi connectivity index (χ2v) is 17.4. The molecule has 0 amide bonds. The Morgan fingerprint density at radius 2 is 1.80 bits per heavy atom. The van der Waals surface area contributed by atoms with Gasteiger partial charge in [-0.15, -0.1) is 0 Å². The van der Waals surface area contributed by atoms with Gasteiger partial charge in [0.1, 0.15) is 12.2 Å². The second kappa shape index (κ2) is 10.4. The summed E-state index contributed by atoms with van der Waals surface area (Å²) < 4.78 is 6.23. The maximum Gasteiger partial charge on any atom is 0.162 e. The fraction of sp³-hybridized carbons (Fsp3) is 0.811. The number of ether oxygens (including phenoxy) is 1. The third-order valence-electron chi connectivity index (χ3n) is 15.1. The zero-order valence-electron chi connectivity index (χ0n) is 28.3. The standard InChI is InChI=1S/C37H56N2O7/c1-32(19-40,12-8-20-11-15-39-27(38)16-20)36(5,44)31-30(46-31)35(4,43)26-17-21-6-7-23-28-24(10-14-34(26,3)37(21,28)45)33(2)13-9-22(41)18-25(33)29(23)42/h11,16,21-22,24-26,30-31,39-41,43-45H,6-10,12-15,17-19,38H2,1-5H3/t21-,22+,24+,25+,26+,30+,31+,32+,33-,34-,35-,36+,37-/m1/s1. The molecule has 46 heavy (non-hydrogen) atoms. The van der Waals surface area contributed by atoms with Gasteiger partial charge in [-0.25, -0.2) is 0 Å². The Kier molecular flexibility index (Phi) is 7.40. The van der Waals surface area contributed by atoms with Gasteiger partial charge in [0.05, 0.1) is 35.3 Å². The molecule has 8 N–H and O–H groups in total. The molecule has 2 aliphatic heterocycles. The Hall–Kier alpha value is -1.75. The summed E-state index contributed by atoms with van der Waals surface area (Å²) >= 11 is 0. The molecular formula is C37H56N2O7. The predicted molar refractivity (Wildman–Crippen MR) is 173 cm³/mol. The van der Waals surface area contributed by atoms with Crippen LogP contribution in [0, 0.1) is 39.9 Å². The number of aliphatic hydroxyl groups excluding tert-OH is 2. The first-order chi connectivity index (χ1) is 21.5. The number of hydrogen-bond acceptors (Lipinski definition) is 9. The molecule has 0 radical (unpaired) electrons. The zero-order valence-corrected chi connectivity index (χ0v) is 28.3. The van der Waals surface area contributed by atoms with E-state index < -0.39 is 45.9 Å². The largest absolute Gasteiger partial charge is 0.396 e. The van der Waals surface area contributed by atoms with Crippen molar-refractivity contribution in [2.24, 2.45) is 45.7 Å². The highest BCUT2D eigenvalue weighted by atomic mass is 16.6. The number of hydrogen-bond donors (Lipinski definition) is 7. The maximum atomic E-state index is 14.1. The van der Waals surface area contributed by atoms with Crippen LogP contribution in [0.5, 0.6) is 0 Å². The summed E-state index contributed by atoms with van der Waals surface area (Å²) in [6, 6.07) is 0. The molecule has 0 spiro atoms. The van der Waals surface area contributed by atoms with Gasteiger partial charge in [-0.2, -0.15) is 0 Å². The van der Waals surface area contributed by atoms with Gasteiger partial charge in [0.2, 0.25) is 0 Å². The van der Waals surface area contributed by atoms with Crippen LogP contribution in [0.15, 0.2) is 34.7 Å². The topological polar surface area (TPSA) is 169 Å². The predicted octanol–water partition coefficient (Wildman–Crippen LogP) is 2.99. The summed E-state index contributed by atoms with van der Waals surface area (Å²) in [6.07, 6.45) is 8.79. The number of carbonyl (C=O) groups excluding carboxylic acids is 1. The van der Waals surface area contributed by atoms with Gasteiger partial charge in [0.15, 0.2) is 5.78 Å². The van der Waals surface area contributed by atoms with Crippen molar-refractivity contribution >= 4 is 5.78 Å². The molecule has 13 atom stereocenters. The first-order valence-corrected chi connectivity index (χ1v) is 17.7. The molecule has 0 aromatic carbocycles. The van der Waals surface area contributed by atoms with Crippen molar-refractivity contribution < 1.29 is 35.1 Å². The van der Waals surface area contributed by atoms with Crippen LogP contribution in [0.2, 0.25) is 0 Å². The van der Waals surface area contributed by atoms with Crippen molar-refractivity contribution in [1.82, 2.24) is 5.32 Å². The highest BCUT2D eigenvalue weighted by Gasteiger charge is 2.76. The van der Waals surface area contributed by atoms with E-state index in [4.69, 9.17) is 10.5 Å². The van der Waals surface area contributed by atoms with Gasteiger partial charge < -0.3 is 41.3 Å². The van der Waals surface area contributed by atoms with Crippen LogP contribution in [0.25, 0.3) is 0 Å². The molecule has 7 rings (SSSR count). The minimum atomic E-state index is -1.43. The first kappa shape index (κ1) is 32.8. The van der Waals surface area contributed by atoms with Gasteiger partial charge in [-0.1, -0.05) is 26.8 Å². The number of aliphatic hydroxyl groups is 5. The van der Waals surface area contributed by atoms with Gasteiger partial charge in [0.25, 0.3) is 0 Å². The van der Waals surface area contributed by atoms with Crippen molar-refractivity contribution in [1.29, 1.82) is 0 Å². The Morgan fingerprint density at radius 1 is 1.07 bits per heavy atom. The minimum absolute atomic E-state index is 0.0724. The number of allylic oxidation sites excluding steroid dienone is 3. The Labute approximate surface area is 273 Å². The normalized spacial score (nSPS) is 46.9. The summed E-state index contributed by atoms with van der Waals surface area (Å²) in [5.74, 6) is 0.242. The molecule has 2 heterocycles. The zero-order chi connectivity index (χ0) is 33.2. The first-order valence-electron chi connectivity index (χ1n) is 17.7. The maximum absolute atomic E-state index is 14.1. The van der Waals surface area contributed by atoms with E-state index in [1.165, 1.54) is 0 Å². The van der Waals surface area contributed by atoms with Gasteiger partial charge >= 0.3 is 0 Å². The molecule has 1 saturated heterocycles. The lowest BCUT2D eigenvalue weighted by Crippen LogP contribution is -2.64. The molecule has 256 valence electrons. The van der Waals surface area contributed by atoms with E-state index in [2.05, 4.69) is 25.2 Å². The SMILES string of the molecule is C[C@@](O)([C@H]1C[C@H]2CCC3=C4[C@H](CC[C@@]1(C)[C@]42O)[C@@]1(C)CC[C@H](O)C[C@H]1C3=O)[C@H]1O[C@@H]1[C@](C)(O)[C@](C)(CO)CCC1=CCNC(N)=C1. The van der Waals surface area contributed by atoms with Gasteiger partial charge in [0, 0.05) is 23.3 Å². The number of rotatable bonds is 8. The van der Waals surface area contributed by atoms with Gasteiger partial charge in [-0.3, -0.25) is 4.79 Å². The Balaban J connectivity index is 1.16. The molecule has 9 nitrogen and oxygen atoms in total. The fourth-order valence-corrected chi connectivity index (χ4v) is 11.8. The number of Topliss-reactive ketones (excluding diaryl/α,β-unsaturated/α-hetero) is 1. The number of nitrogens with one attached hydrogen (secondary N) is 1. The monoisotopic (exact) mass is 640 g/mol. The number of epoxide rings is 1. The Morgan fingerprint density at radius 3 is 2.50 bits per heavy atom. The van der Waals surface area contributed by atoms with Crippen LogP contribution in [0.4, 0.5) is 0 Å². The molecule has 7 aliphatic rings. The van der Waals surface area contributed by atoms with Crippen LogP contribution < -0.4 is 11.1 Å². The molecule has 3 saturated carbocycles. The van der Waals surface area contributed by atoms with Gasteiger partial charge in [-0.05, 0) is 124 Å². The van der Waals surface area contributed by atoms with E-state index in [0.717, 1.165) is 36.0 Å². The molecule has 0 unspecified atom stereocenters. The average Bonchev–Trinajstić information content (AvgIpc) is 3.79.